The van der Waals surface area contributed by atoms with E-state index in [0.717, 1.165) is 0 Å². The van der Waals surface area contributed by atoms with Crippen LogP contribution in [0, 0.1) is 0 Å². The third-order valence-corrected chi connectivity index (χ3v) is 8.30. The number of hydrogen-bond donors (Lipinski definition) is 0. The molecule has 0 aromatic heterocycles. The molecule has 0 N–H and O–H groups in total. The Balaban J connectivity index is 1.19. The zero-order valence-electron chi connectivity index (χ0n) is 22.4. The molecule has 7 rings (SSSR count). The molecule has 0 bridgehead atoms. The highest BCUT2D eigenvalue weighted by atomic mass is 14.4. The molecule has 0 unspecified atom stereocenters. The summed E-state index contributed by atoms with van der Waals surface area (Å²) in [5, 5.41) is 0. The summed E-state index contributed by atoms with van der Waals surface area (Å²) in [4.78, 5) is 0. The monoisotopic (exact) mass is 498 g/mol. The van der Waals surface area contributed by atoms with Gasteiger partial charge in [0.2, 0.25) is 0 Å². The molecule has 0 saturated carbocycles. The minimum absolute atomic E-state index is 0.00714. The lowest BCUT2D eigenvalue weighted by atomic mass is 9.81. The molecule has 0 aliphatic heterocycles. The van der Waals surface area contributed by atoms with Crippen LogP contribution in [-0.2, 0) is 5.41 Å². The maximum atomic E-state index is 2.40. The van der Waals surface area contributed by atoms with E-state index in [2.05, 4.69) is 159 Å². The van der Waals surface area contributed by atoms with E-state index in [9.17, 15) is 0 Å². The molecule has 0 heterocycles. The molecule has 6 aromatic rings. The van der Waals surface area contributed by atoms with Crippen molar-refractivity contribution in [3.63, 3.8) is 0 Å². The van der Waals surface area contributed by atoms with Gasteiger partial charge < -0.3 is 0 Å². The molecule has 0 fully saturated rings. The summed E-state index contributed by atoms with van der Waals surface area (Å²) in [7, 11) is 0. The lowest BCUT2D eigenvalue weighted by Gasteiger charge is -2.22. The largest absolute Gasteiger partial charge is 0.0622 e. The first-order valence-corrected chi connectivity index (χ1v) is 13.7. The first-order valence-electron chi connectivity index (χ1n) is 13.7. The van der Waals surface area contributed by atoms with Crippen molar-refractivity contribution in [2.24, 2.45) is 0 Å². The summed E-state index contributed by atoms with van der Waals surface area (Å²) < 4.78 is 0. The van der Waals surface area contributed by atoms with Crippen LogP contribution >= 0.6 is 0 Å². The predicted octanol–water partition coefficient (Wildman–Crippen LogP) is 10.7. The van der Waals surface area contributed by atoms with Gasteiger partial charge in [-0.15, -0.1) is 0 Å². The second-order valence-electron chi connectivity index (χ2n) is 11.0. The topological polar surface area (TPSA) is 0 Å². The highest BCUT2D eigenvalue weighted by Crippen LogP contribution is 2.49. The number of benzene rings is 6. The minimum Gasteiger partial charge on any atom is -0.0622 e. The van der Waals surface area contributed by atoms with Gasteiger partial charge in [-0.05, 0) is 85.0 Å². The van der Waals surface area contributed by atoms with Crippen molar-refractivity contribution in [2.75, 3.05) is 0 Å². The van der Waals surface area contributed by atoms with Gasteiger partial charge in [0, 0.05) is 5.41 Å². The van der Waals surface area contributed by atoms with Crippen LogP contribution in [0.15, 0.2) is 146 Å². The van der Waals surface area contributed by atoms with Gasteiger partial charge in [0.05, 0.1) is 0 Å². The Kier molecular flexibility index (Phi) is 5.56. The van der Waals surface area contributed by atoms with Gasteiger partial charge in [-0.3, -0.25) is 0 Å². The standard InChI is InChI=1S/C39H30/c1-39(2)37-17-7-6-16-35(37)36-23-22-34(26-38(36)39)33-15-9-14-32(25-33)29-20-18-28(19-21-29)31-13-8-12-30(24-31)27-10-4-3-5-11-27/h3-26H,1-2H3. The van der Waals surface area contributed by atoms with Gasteiger partial charge in [-0.25, -0.2) is 0 Å². The smallest absolute Gasteiger partial charge is 0.0159 e. The van der Waals surface area contributed by atoms with Crippen LogP contribution in [0.2, 0.25) is 0 Å². The van der Waals surface area contributed by atoms with Crippen LogP contribution in [-0.4, -0.2) is 0 Å². The summed E-state index contributed by atoms with van der Waals surface area (Å²) in [5.41, 5.74) is 15.5. The van der Waals surface area contributed by atoms with Crippen LogP contribution in [0.4, 0.5) is 0 Å². The molecule has 0 nitrogen and oxygen atoms in total. The normalized spacial score (nSPS) is 13.1. The lowest BCUT2D eigenvalue weighted by Crippen LogP contribution is -2.14. The van der Waals surface area contributed by atoms with E-state index in [1.165, 1.54) is 66.8 Å². The fraction of sp³-hybridized carbons (Fsp3) is 0.0769. The Morgan fingerprint density at radius 1 is 0.308 bits per heavy atom. The molecular formula is C39H30. The van der Waals surface area contributed by atoms with Crippen molar-refractivity contribution in [1.29, 1.82) is 0 Å². The van der Waals surface area contributed by atoms with Crippen LogP contribution in [0.1, 0.15) is 25.0 Å². The van der Waals surface area contributed by atoms with Crippen molar-refractivity contribution in [3.05, 3.63) is 157 Å². The van der Waals surface area contributed by atoms with Crippen molar-refractivity contribution < 1.29 is 0 Å². The Morgan fingerprint density at radius 2 is 0.718 bits per heavy atom. The molecule has 6 aromatic carbocycles. The van der Waals surface area contributed by atoms with Crippen LogP contribution in [0.3, 0.4) is 0 Å². The Hall–Kier alpha value is -4.68. The molecule has 0 amide bonds. The highest BCUT2D eigenvalue weighted by Gasteiger charge is 2.35. The van der Waals surface area contributed by atoms with E-state index in [1.807, 2.05) is 0 Å². The lowest BCUT2D eigenvalue weighted by molar-refractivity contribution is 0.660. The van der Waals surface area contributed by atoms with Crippen molar-refractivity contribution in [1.82, 2.24) is 0 Å². The quantitative estimate of drug-likeness (QED) is 0.227. The van der Waals surface area contributed by atoms with E-state index in [0.29, 0.717) is 0 Å². The van der Waals surface area contributed by atoms with E-state index < -0.39 is 0 Å². The molecule has 0 heteroatoms. The van der Waals surface area contributed by atoms with Crippen LogP contribution < -0.4 is 0 Å². The zero-order chi connectivity index (χ0) is 26.4. The number of rotatable bonds is 4. The fourth-order valence-electron chi connectivity index (χ4n) is 6.13. The molecular weight excluding hydrogens is 468 g/mol. The van der Waals surface area contributed by atoms with Gasteiger partial charge in [0.15, 0.2) is 0 Å². The Morgan fingerprint density at radius 3 is 1.33 bits per heavy atom. The predicted molar refractivity (Wildman–Crippen MR) is 166 cm³/mol. The molecule has 1 aliphatic carbocycles. The molecule has 0 spiro atoms. The van der Waals surface area contributed by atoms with E-state index >= 15 is 0 Å². The molecule has 0 saturated heterocycles. The fourth-order valence-corrected chi connectivity index (χ4v) is 6.13. The van der Waals surface area contributed by atoms with Gasteiger partial charge in [0.25, 0.3) is 0 Å². The Bertz CT molecular complexity index is 1800. The van der Waals surface area contributed by atoms with Crippen molar-refractivity contribution in [3.8, 4) is 55.6 Å². The van der Waals surface area contributed by atoms with E-state index in [1.54, 1.807) is 0 Å². The van der Waals surface area contributed by atoms with Gasteiger partial charge in [-0.1, -0.05) is 141 Å². The second kappa shape index (κ2) is 9.26. The third kappa shape index (κ3) is 4.10. The van der Waals surface area contributed by atoms with E-state index in [4.69, 9.17) is 0 Å². The summed E-state index contributed by atoms with van der Waals surface area (Å²) >= 11 is 0. The summed E-state index contributed by atoms with van der Waals surface area (Å²) in [6, 6.07) is 53.1. The molecule has 39 heavy (non-hydrogen) atoms. The SMILES string of the molecule is CC1(C)c2ccccc2-c2ccc(-c3cccc(-c4ccc(-c5cccc(-c6ccccc6)c5)cc4)c3)cc21. The first-order chi connectivity index (χ1) is 19.1. The molecule has 0 radical (unpaired) electrons. The van der Waals surface area contributed by atoms with Crippen LogP contribution in [0.25, 0.3) is 55.6 Å². The summed E-state index contributed by atoms with van der Waals surface area (Å²) in [5.74, 6) is 0. The second-order valence-corrected chi connectivity index (χ2v) is 11.0. The number of fused-ring (bicyclic) bond motifs is 3. The first kappa shape index (κ1) is 23.4. The van der Waals surface area contributed by atoms with Crippen molar-refractivity contribution >= 4 is 0 Å². The number of hydrogen-bond acceptors (Lipinski definition) is 0. The maximum absolute atomic E-state index is 2.40. The average Bonchev–Trinajstić information content (AvgIpc) is 3.24. The summed E-state index contributed by atoms with van der Waals surface area (Å²) in [6.07, 6.45) is 0. The van der Waals surface area contributed by atoms with Crippen LogP contribution in [0.5, 0.6) is 0 Å². The molecule has 0 atom stereocenters. The van der Waals surface area contributed by atoms with E-state index in [-0.39, 0.29) is 5.41 Å². The maximum Gasteiger partial charge on any atom is 0.0159 e. The summed E-state index contributed by atoms with van der Waals surface area (Å²) in [6.45, 7) is 4.68. The van der Waals surface area contributed by atoms with Gasteiger partial charge in [0.1, 0.15) is 0 Å². The third-order valence-electron chi connectivity index (χ3n) is 8.30. The van der Waals surface area contributed by atoms with Gasteiger partial charge in [-0.2, -0.15) is 0 Å². The Labute approximate surface area is 231 Å². The highest BCUT2D eigenvalue weighted by molar-refractivity contribution is 5.84. The zero-order valence-corrected chi connectivity index (χ0v) is 22.4. The minimum atomic E-state index is 0.00714. The molecule has 186 valence electrons. The molecule has 1 aliphatic rings. The van der Waals surface area contributed by atoms with Crippen molar-refractivity contribution in [2.45, 2.75) is 19.3 Å². The average molecular weight is 499 g/mol. The van der Waals surface area contributed by atoms with Gasteiger partial charge >= 0.3 is 0 Å².